The van der Waals surface area contributed by atoms with Gasteiger partial charge in [-0.25, -0.2) is 0 Å². The van der Waals surface area contributed by atoms with Crippen molar-refractivity contribution in [1.29, 1.82) is 5.26 Å². The monoisotopic (exact) mass is 374 g/mol. The quantitative estimate of drug-likeness (QED) is 0.832. The van der Waals surface area contributed by atoms with Gasteiger partial charge in [0, 0.05) is 6.42 Å². The lowest BCUT2D eigenvalue weighted by Crippen LogP contribution is -2.31. The SMILES string of the molecule is CC(=O)C[C@H](NC(=O)Cc1cccc(C(F)(F)F)c1)c1ccc(C#N)cc1. The average molecular weight is 374 g/mol. The molecule has 2 rings (SSSR count). The maximum atomic E-state index is 12.8. The van der Waals surface area contributed by atoms with Gasteiger partial charge >= 0.3 is 6.18 Å². The predicted molar refractivity (Wildman–Crippen MR) is 92.5 cm³/mol. The highest BCUT2D eigenvalue weighted by molar-refractivity contribution is 5.81. The van der Waals surface area contributed by atoms with E-state index >= 15 is 0 Å². The first kappa shape index (κ1) is 20.2. The number of rotatable bonds is 6. The Morgan fingerprint density at radius 1 is 1.15 bits per heavy atom. The van der Waals surface area contributed by atoms with Crippen LogP contribution in [0, 0.1) is 11.3 Å². The van der Waals surface area contributed by atoms with E-state index in [-0.39, 0.29) is 24.2 Å². The van der Waals surface area contributed by atoms with Crippen molar-refractivity contribution in [3.8, 4) is 6.07 Å². The second-order valence-electron chi connectivity index (χ2n) is 6.13. The van der Waals surface area contributed by atoms with Crippen LogP contribution in [-0.4, -0.2) is 11.7 Å². The lowest BCUT2D eigenvalue weighted by atomic mass is 10.00. The Hall–Kier alpha value is -3.14. The Bertz CT molecular complexity index is 868. The molecular weight excluding hydrogens is 357 g/mol. The van der Waals surface area contributed by atoms with Gasteiger partial charge in [-0.1, -0.05) is 30.3 Å². The first-order chi connectivity index (χ1) is 12.7. The van der Waals surface area contributed by atoms with Gasteiger partial charge in [0.25, 0.3) is 0 Å². The Kier molecular flexibility index (Phi) is 6.35. The molecule has 0 aliphatic carbocycles. The van der Waals surface area contributed by atoms with E-state index in [1.807, 2.05) is 6.07 Å². The van der Waals surface area contributed by atoms with Crippen molar-refractivity contribution in [2.45, 2.75) is 32.0 Å². The first-order valence-electron chi connectivity index (χ1n) is 8.14. The average Bonchev–Trinajstić information content (AvgIpc) is 2.60. The van der Waals surface area contributed by atoms with Gasteiger partial charge in [-0.05, 0) is 36.2 Å². The maximum absolute atomic E-state index is 12.8. The zero-order chi connectivity index (χ0) is 20.0. The number of benzene rings is 2. The largest absolute Gasteiger partial charge is 0.416 e. The molecule has 0 bridgehead atoms. The van der Waals surface area contributed by atoms with E-state index < -0.39 is 23.7 Å². The number of hydrogen-bond donors (Lipinski definition) is 1. The number of alkyl halides is 3. The van der Waals surface area contributed by atoms with Crippen LogP contribution in [-0.2, 0) is 22.2 Å². The second-order valence-corrected chi connectivity index (χ2v) is 6.13. The van der Waals surface area contributed by atoms with Gasteiger partial charge in [-0.2, -0.15) is 18.4 Å². The van der Waals surface area contributed by atoms with Gasteiger partial charge < -0.3 is 5.32 Å². The molecule has 0 saturated heterocycles. The van der Waals surface area contributed by atoms with Gasteiger partial charge in [0.15, 0.2) is 0 Å². The van der Waals surface area contributed by atoms with E-state index in [0.29, 0.717) is 11.1 Å². The minimum Gasteiger partial charge on any atom is -0.349 e. The molecule has 140 valence electrons. The van der Waals surface area contributed by atoms with Crippen LogP contribution in [0.2, 0.25) is 0 Å². The molecule has 1 amide bonds. The van der Waals surface area contributed by atoms with E-state index in [2.05, 4.69) is 5.32 Å². The molecule has 27 heavy (non-hydrogen) atoms. The first-order valence-corrected chi connectivity index (χ1v) is 8.14. The number of halogens is 3. The summed E-state index contributed by atoms with van der Waals surface area (Å²) in [5, 5.41) is 11.5. The fraction of sp³-hybridized carbons (Fsp3) is 0.250. The summed E-state index contributed by atoms with van der Waals surface area (Å²) in [6.07, 6.45) is -4.68. The molecule has 1 N–H and O–H groups in total. The van der Waals surface area contributed by atoms with Gasteiger partial charge in [0.2, 0.25) is 5.91 Å². The number of carbonyl (C=O) groups is 2. The highest BCUT2D eigenvalue weighted by Gasteiger charge is 2.30. The normalized spacial score (nSPS) is 12.1. The molecule has 0 heterocycles. The number of ketones is 1. The molecule has 0 aliphatic heterocycles. The predicted octanol–water partition coefficient (Wildman–Crippen LogP) is 3.96. The minimum absolute atomic E-state index is 0.0419. The summed E-state index contributed by atoms with van der Waals surface area (Å²) in [4.78, 5) is 23.8. The number of amides is 1. The smallest absolute Gasteiger partial charge is 0.349 e. The second kappa shape index (κ2) is 8.49. The van der Waals surface area contributed by atoms with Crippen LogP contribution in [0.25, 0.3) is 0 Å². The zero-order valence-corrected chi connectivity index (χ0v) is 14.5. The number of carbonyl (C=O) groups excluding carboxylic acids is 2. The number of hydrogen-bond acceptors (Lipinski definition) is 3. The van der Waals surface area contributed by atoms with E-state index in [4.69, 9.17) is 5.26 Å². The topological polar surface area (TPSA) is 70.0 Å². The third-order valence-electron chi connectivity index (χ3n) is 3.89. The number of nitriles is 1. The van der Waals surface area contributed by atoms with Gasteiger partial charge in [-0.3, -0.25) is 9.59 Å². The van der Waals surface area contributed by atoms with Gasteiger partial charge in [-0.15, -0.1) is 0 Å². The van der Waals surface area contributed by atoms with Gasteiger partial charge in [0.05, 0.1) is 29.7 Å². The number of nitrogens with one attached hydrogen (secondary N) is 1. The standard InChI is InChI=1S/C20H17F3N2O2/c1-13(26)9-18(16-7-5-14(12-24)6-8-16)25-19(27)11-15-3-2-4-17(10-15)20(21,22)23/h2-8,10,18H,9,11H2,1H3,(H,25,27)/t18-/m0/s1. The molecule has 1 atom stereocenters. The summed E-state index contributed by atoms with van der Waals surface area (Å²) in [6, 6.07) is 12.3. The Balaban J connectivity index is 2.14. The third kappa shape index (κ3) is 5.96. The van der Waals surface area contributed by atoms with Crippen LogP contribution >= 0.6 is 0 Å². The molecular formula is C20H17F3N2O2. The van der Waals surface area contributed by atoms with Crippen molar-refractivity contribution in [1.82, 2.24) is 5.32 Å². The van der Waals surface area contributed by atoms with Crippen LogP contribution in [0.15, 0.2) is 48.5 Å². The lowest BCUT2D eigenvalue weighted by Gasteiger charge is -2.18. The van der Waals surface area contributed by atoms with E-state index in [9.17, 15) is 22.8 Å². The molecule has 4 nitrogen and oxygen atoms in total. The summed E-state index contributed by atoms with van der Waals surface area (Å²) in [5.74, 6) is -0.645. The van der Waals surface area contributed by atoms with Crippen molar-refractivity contribution in [2.75, 3.05) is 0 Å². The highest BCUT2D eigenvalue weighted by atomic mass is 19.4. The molecule has 7 heteroatoms. The fourth-order valence-corrected chi connectivity index (χ4v) is 2.62. The van der Waals surface area contributed by atoms with Crippen molar-refractivity contribution in [3.05, 3.63) is 70.8 Å². The van der Waals surface area contributed by atoms with Crippen LogP contribution in [0.3, 0.4) is 0 Å². The van der Waals surface area contributed by atoms with Crippen LogP contribution in [0.4, 0.5) is 13.2 Å². The van der Waals surface area contributed by atoms with E-state index in [1.165, 1.54) is 19.1 Å². The Labute approximate surface area is 154 Å². The number of nitrogens with zero attached hydrogens (tertiary/aromatic N) is 1. The molecule has 0 aromatic heterocycles. The fourth-order valence-electron chi connectivity index (χ4n) is 2.62. The van der Waals surface area contributed by atoms with Crippen molar-refractivity contribution < 1.29 is 22.8 Å². The lowest BCUT2D eigenvalue weighted by molar-refractivity contribution is -0.137. The summed E-state index contributed by atoms with van der Waals surface area (Å²) >= 11 is 0. The number of Topliss-reactive ketones (excluding diaryl/α,β-unsaturated/α-hetero) is 1. The van der Waals surface area contributed by atoms with Crippen molar-refractivity contribution in [2.24, 2.45) is 0 Å². The van der Waals surface area contributed by atoms with Crippen LogP contribution < -0.4 is 5.32 Å². The molecule has 2 aromatic carbocycles. The summed E-state index contributed by atoms with van der Waals surface area (Å²) in [5.41, 5.74) is 0.487. The molecule has 2 aromatic rings. The van der Waals surface area contributed by atoms with E-state index in [0.717, 1.165) is 12.1 Å². The molecule has 0 saturated carbocycles. The van der Waals surface area contributed by atoms with Crippen molar-refractivity contribution in [3.63, 3.8) is 0 Å². The van der Waals surface area contributed by atoms with Crippen molar-refractivity contribution >= 4 is 11.7 Å². The van der Waals surface area contributed by atoms with Crippen LogP contribution in [0.5, 0.6) is 0 Å². The van der Waals surface area contributed by atoms with E-state index in [1.54, 1.807) is 24.3 Å². The minimum atomic E-state index is -4.48. The van der Waals surface area contributed by atoms with Crippen LogP contribution in [0.1, 0.15) is 41.6 Å². The molecule has 0 fully saturated rings. The Morgan fingerprint density at radius 3 is 2.37 bits per heavy atom. The highest BCUT2D eigenvalue weighted by Crippen LogP contribution is 2.29. The summed E-state index contributed by atoms with van der Waals surface area (Å²) in [7, 11) is 0. The van der Waals surface area contributed by atoms with Gasteiger partial charge in [0.1, 0.15) is 5.78 Å². The molecule has 0 aliphatic rings. The molecule has 0 spiro atoms. The maximum Gasteiger partial charge on any atom is 0.416 e. The molecule has 0 radical (unpaired) electrons. The third-order valence-corrected chi connectivity index (χ3v) is 3.89. The zero-order valence-electron chi connectivity index (χ0n) is 14.5. The molecule has 0 unspecified atom stereocenters. The Morgan fingerprint density at radius 2 is 1.81 bits per heavy atom. The summed E-state index contributed by atoms with van der Waals surface area (Å²) < 4.78 is 38.3. The summed E-state index contributed by atoms with van der Waals surface area (Å²) in [6.45, 7) is 1.38.